The van der Waals surface area contributed by atoms with Crippen LogP contribution in [0.1, 0.15) is 37.0 Å². The van der Waals surface area contributed by atoms with Gasteiger partial charge in [-0.25, -0.2) is 0 Å². The summed E-state index contributed by atoms with van der Waals surface area (Å²) in [5.74, 6) is -0.119. The summed E-state index contributed by atoms with van der Waals surface area (Å²) in [6.45, 7) is 6.43. The lowest BCUT2D eigenvalue weighted by Gasteiger charge is -2.20. The molecule has 122 valence electrons. The van der Waals surface area contributed by atoms with E-state index in [-0.39, 0.29) is 11.8 Å². The van der Waals surface area contributed by atoms with Crippen molar-refractivity contribution in [2.24, 2.45) is 0 Å². The minimum absolute atomic E-state index is 0.0450. The smallest absolute Gasteiger partial charge is 0.253 e. The number of hydrogen-bond acceptors (Lipinski definition) is 3. The van der Waals surface area contributed by atoms with Gasteiger partial charge in [0.15, 0.2) is 0 Å². The lowest BCUT2D eigenvalue weighted by Crippen LogP contribution is -2.34. The maximum atomic E-state index is 12.1. The van der Waals surface area contributed by atoms with Gasteiger partial charge in [0.2, 0.25) is 5.91 Å². The summed E-state index contributed by atoms with van der Waals surface area (Å²) < 4.78 is 0. The highest BCUT2D eigenvalue weighted by Crippen LogP contribution is 2.12. The van der Waals surface area contributed by atoms with E-state index >= 15 is 0 Å². The predicted octanol–water partition coefficient (Wildman–Crippen LogP) is 2.45. The van der Waals surface area contributed by atoms with Crippen LogP contribution in [0.3, 0.4) is 0 Å². The van der Waals surface area contributed by atoms with Gasteiger partial charge in [-0.05, 0) is 44.1 Å². The van der Waals surface area contributed by atoms with Gasteiger partial charge in [-0.3, -0.25) is 14.5 Å². The molecule has 5 nitrogen and oxygen atoms in total. The van der Waals surface area contributed by atoms with Crippen LogP contribution >= 0.6 is 0 Å². The number of carbonyl (C=O) groups excluding carboxylic acids is 2. The molecule has 0 aliphatic rings. The van der Waals surface area contributed by atoms with Crippen LogP contribution in [0.15, 0.2) is 24.3 Å². The molecule has 1 aromatic rings. The summed E-state index contributed by atoms with van der Waals surface area (Å²) in [6, 6.07) is 7.04. The first-order chi connectivity index (χ1) is 10.5. The van der Waals surface area contributed by atoms with E-state index < -0.39 is 0 Å². The summed E-state index contributed by atoms with van der Waals surface area (Å²) in [6.07, 6.45) is 2.06. The molecule has 0 fully saturated rings. The van der Waals surface area contributed by atoms with Crippen LogP contribution < -0.4 is 5.32 Å². The molecule has 0 atom stereocenters. The second-order valence-electron chi connectivity index (χ2n) is 5.60. The molecule has 0 spiro atoms. The van der Waals surface area contributed by atoms with Gasteiger partial charge in [-0.1, -0.05) is 19.9 Å². The first kappa shape index (κ1) is 18.2. The molecule has 0 aliphatic heterocycles. The SMILES string of the molecule is CCCN(CCC)CC(=O)Nc1cccc(C(=O)N(C)C)c1. The van der Waals surface area contributed by atoms with Crippen LogP contribution in [-0.4, -0.2) is 55.3 Å². The van der Waals surface area contributed by atoms with Crippen LogP contribution in [0.25, 0.3) is 0 Å². The second kappa shape index (κ2) is 9.20. The Balaban J connectivity index is 2.67. The highest BCUT2D eigenvalue weighted by atomic mass is 16.2. The van der Waals surface area contributed by atoms with Crippen molar-refractivity contribution in [3.8, 4) is 0 Å². The average Bonchev–Trinajstić information content (AvgIpc) is 2.47. The van der Waals surface area contributed by atoms with Crippen molar-refractivity contribution in [1.29, 1.82) is 0 Å². The molecule has 5 heteroatoms. The standard InChI is InChI=1S/C17H27N3O2/c1-5-10-20(11-6-2)13-16(21)18-15-9-7-8-14(12-15)17(22)19(3)4/h7-9,12H,5-6,10-11,13H2,1-4H3,(H,18,21). The lowest BCUT2D eigenvalue weighted by atomic mass is 10.2. The Morgan fingerprint density at radius 3 is 2.27 bits per heavy atom. The van der Waals surface area contributed by atoms with E-state index in [0.29, 0.717) is 17.8 Å². The molecule has 0 saturated heterocycles. The first-order valence-corrected chi connectivity index (χ1v) is 7.81. The van der Waals surface area contributed by atoms with Crippen molar-refractivity contribution in [3.05, 3.63) is 29.8 Å². The van der Waals surface area contributed by atoms with E-state index in [4.69, 9.17) is 0 Å². The van der Waals surface area contributed by atoms with Gasteiger partial charge in [0.1, 0.15) is 0 Å². The van der Waals surface area contributed by atoms with Gasteiger partial charge in [0, 0.05) is 25.3 Å². The van der Waals surface area contributed by atoms with Crippen molar-refractivity contribution >= 4 is 17.5 Å². The Morgan fingerprint density at radius 2 is 1.73 bits per heavy atom. The van der Waals surface area contributed by atoms with Gasteiger partial charge in [-0.2, -0.15) is 0 Å². The fourth-order valence-corrected chi connectivity index (χ4v) is 2.29. The number of amides is 2. The zero-order valence-electron chi connectivity index (χ0n) is 14.1. The summed E-state index contributed by atoms with van der Waals surface area (Å²) >= 11 is 0. The molecular formula is C17H27N3O2. The molecule has 1 N–H and O–H groups in total. The molecule has 22 heavy (non-hydrogen) atoms. The monoisotopic (exact) mass is 305 g/mol. The third kappa shape index (κ3) is 5.85. The lowest BCUT2D eigenvalue weighted by molar-refractivity contribution is -0.117. The highest BCUT2D eigenvalue weighted by Gasteiger charge is 2.11. The Hall–Kier alpha value is -1.88. The Bertz CT molecular complexity index is 494. The summed E-state index contributed by atoms with van der Waals surface area (Å²) in [5.41, 5.74) is 1.23. The van der Waals surface area contributed by atoms with Gasteiger partial charge >= 0.3 is 0 Å². The van der Waals surface area contributed by atoms with Crippen molar-refractivity contribution in [1.82, 2.24) is 9.80 Å². The van der Waals surface area contributed by atoms with Gasteiger partial charge in [0.25, 0.3) is 5.91 Å². The van der Waals surface area contributed by atoms with E-state index in [9.17, 15) is 9.59 Å². The van der Waals surface area contributed by atoms with Crippen LogP contribution in [0.5, 0.6) is 0 Å². The molecular weight excluding hydrogens is 278 g/mol. The number of nitrogens with one attached hydrogen (secondary N) is 1. The minimum Gasteiger partial charge on any atom is -0.345 e. The van der Waals surface area contributed by atoms with E-state index in [2.05, 4.69) is 24.1 Å². The predicted molar refractivity (Wildman–Crippen MR) is 90.1 cm³/mol. The van der Waals surface area contributed by atoms with Crippen molar-refractivity contribution < 1.29 is 9.59 Å². The van der Waals surface area contributed by atoms with Crippen molar-refractivity contribution in [2.75, 3.05) is 39.0 Å². The molecule has 0 bridgehead atoms. The largest absolute Gasteiger partial charge is 0.345 e. The molecule has 0 radical (unpaired) electrons. The highest BCUT2D eigenvalue weighted by molar-refractivity contribution is 5.97. The fourth-order valence-electron chi connectivity index (χ4n) is 2.29. The minimum atomic E-state index is -0.0744. The Labute approximate surface area is 133 Å². The van der Waals surface area contributed by atoms with Crippen molar-refractivity contribution in [3.63, 3.8) is 0 Å². The zero-order chi connectivity index (χ0) is 16.5. The van der Waals surface area contributed by atoms with Gasteiger partial charge < -0.3 is 10.2 Å². The van der Waals surface area contributed by atoms with Crippen molar-refractivity contribution in [2.45, 2.75) is 26.7 Å². The number of carbonyl (C=O) groups is 2. The average molecular weight is 305 g/mol. The van der Waals surface area contributed by atoms with Crippen LogP contribution in [0.2, 0.25) is 0 Å². The number of rotatable bonds is 8. The zero-order valence-corrected chi connectivity index (χ0v) is 14.1. The third-order valence-corrected chi connectivity index (χ3v) is 3.25. The Morgan fingerprint density at radius 1 is 1.09 bits per heavy atom. The number of hydrogen-bond donors (Lipinski definition) is 1. The second-order valence-corrected chi connectivity index (χ2v) is 5.60. The molecule has 0 aliphatic carbocycles. The van der Waals surface area contributed by atoms with Gasteiger partial charge in [-0.15, -0.1) is 0 Å². The van der Waals surface area contributed by atoms with E-state index in [1.807, 2.05) is 0 Å². The molecule has 0 heterocycles. The van der Waals surface area contributed by atoms with Crippen LogP contribution in [-0.2, 0) is 4.79 Å². The molecule has 1 aromatic carbocycles. The quantitative estimate of drug-likeness (QED) is 0.802. The normalized spacial score (nSPS) is 10.6. The van der Waals surface area contributed by atoms with Gasteiger partial charge in [0.05, 0.1) is 6.54 Å². The fraction of sp³-hybridized carbons (Fsp3) is 0.529. The summed E-state index contributed by atoms with van der Waals surface area (Å²) in [7, 11) is 3.42. The van der Waals surface area contributed by atoms with E-state index in [1.54, 1.807) is 38.4 Å². The number of benzene rings is 1. The first-order valence-electron chi connectivity index (χ1n) is 7.81. The Kier molecular flexibility index (Phi) is 7.60. The maximum absolute atomic E-state index is 12.1. The topological polar surface area (TPSA) is 52.7 Å². The molecule has 2 amide bonds. The molecule has 0 saturated carbocycles. The molecule has 1 rings (SSSR count). The molecule has 0 aromatic heterocycles. The third-order valence-electron chi connectivity index (χ3n) is 3.25. The van der Waals surface area contributed by atoms with Crippen LogP contribution in [0, 0.1) is 0 Å². The van der Waals surface area contributed by atoms with Crippen LogP contribution in [0.4, 0.5) is 5.69 Å². The number of nitrogens with zero attached hydrogens (tertiary/aromatic N) is 2. The molecule has 0 unspecified atom stereocenters. The summed E-state index contributed by atoms with van der Waals surface area (Å²) in [5, 5.41) is 2.87. The van der Waals surface area contributed by atoms with E-state index in [0.717, 1.165) is 25.9 Å². The van der Waals surface area contributed by atoms with E-state index in [1.165, 1.54) is 4.90 Å². The number of anilines is 1. The maximum Gasteiger partial charge on any atom is 0.253 e. The summed E-state index contributed by atoms with van der Waals surface area (Å²) in [4.78, 5) is 27.7.